The van der Waals surface area contributed by atoms with E-state index in [-0.39, 0.29) is 0 Å². The van der Waals surface area contributed by atoms with Crippen LogP contribution in [0.15, 0.2) is 73.4 Å². The standard InChI is InChI=1S/3C6H7N.3C2H6/c1-6-2-4-7-5-3-6;1-6-3-2-4-7-5-6;1-6-4-2-3-5-7-6;3*1-2/h3*2-5H,1H3;3*1-2H3. The molecule has 0 saturated heterocycles. The van der Waals surface area contributed by atoms with Gasteiger partial charge in [0.05, 0.1) is 0 Å². The maximum Gasteiger partial charge on any atom is 0.0372 e. The number of pyridine rings is 3. The Morgan fingerprint density at radius 3 is 1.33 bits per heavy atom. The Balaban J connectivity index is -0.000000281. The molecule has 0 radical (unpaired) electrons. The summed E-state index contributed by atoms with van der Waals surface area (Å²) in [6, 6.07) is 13.7. The number of hydrogen-bond acceptors (Lipinski definition) is 3. The van der Waals surface area contributed by atoms with E-state index in [1.807, 2.05) is 111 Å². The topological polar surface area (TPSA) is 38.7 Å². The Labute approximate surface area is 168 Å². The van der Waals surface area contributed by atoms with Gasteiger partial charge in [0.2, 0.25) is 0 Å². The third-order valence-corrected chi connectivity index (χ3v) is 2.47. The monoisotopic (exact) mass is 369 g/mol. The van der Waals surface area contributed by atoms with Crippen molar-refractivity contribution in [2.75, 3.05) is 0 Å². The highest BCUT2D eigenvalue weighted by Crippen LogP contribution is 1.89. The molecule has 0 aromatic carbocycles. The van der Waals surface area contributed by atoms with Crippen molar-refractivity contribution in [1.82, 2.24) is 15.0 Å². The summed E-state index contributed by atoms with van der Waals surface area (Å²) >= 11 is 0. The maximum atomic E-state index is 3.98. The van der Waals surface area contributed by atoms with Gasteiger partial charge in [0.1, 0.15) is 0 Å². The highest BCUT2D eigenvalue weighted by atomic mass is 14.6. The van der Waals surface area contributed by atoms with Crippen LogP contribution >= 0.6 is 0 Å². The van der Waals surface area contributed by atoms with Gasteiger partial charge < -0.3 is 0 Å². The zero-order chi connectivity index (χ0) is 21.3. The molecule has 0 aliphatic carbocycles. The van der Waals surface area contributed by atoms with Crippen LogP contribution < -0.4 is 0 Å². The third-order valence-electron chi connectivity index (χ3n) is 2.47. The van der Waals surface area contributed by atoms with E-state index in [4.69, 9.17) is 0 Å². The SMILES string of the molecule is CC.CC.CC.Cc1ccccn1.Cc1cccnc1.Cc1ccncc1. The highest BCUT2D eigenvalue weighted by Gasteiger charge is 1.74. The Hall–Kier alpha value is -2.55. The Kier molecular flexibility index (Phi) is 27.8. The highest BCUT2D eigenvalue weighted by molar-refractivity contribution is 5.06. The van der Waals surface area contributed by atoms with Crippen LogP contribution in [0, 0.1) is 20.8 Å². The molecule has 0 saturated carbocycles. The summed E-state index contributed by atoms with van der Waals surface area (Å²) in [5.41, 5.74) is 3.54. The second kappa shape index (κ2) is 25.7. The van der Waals surface area contributed by atoms with Crippen molar-refractivity contribution >= 4 is 0 Å². The molecule has 150 valence electrons. The molecule has 0 fully saturated rings. The summed E-state index contributed by atoms with van der Waals surface area (Å²) in [6.07, 6.45) is 8.97. The zero-order valence-electron chi connectivity index (χ0n) is 18.8. The van der Waals surface area contributed by atoms with Crippen molar-refractivity contribution in [3.8, 4) is 0 Å². The minimum Gasteiger partial charge on any atom is -0.265 e. The molecule has 3 aromatic rings. The molecule has 3 rings (SSSR count). The second-order valence-electron chi connectivity index (χ2n) is 4.53. The van der Waals surface area contributed by atoms with Crippen LogP contribution in [0.3, 0.4) is 0 Å². The third kappa shape index (κ3) is 23.4. The number of aromatic nitrogens is 3. The van der Waals surface area contributed by atoms with E-state index in [1.165, 1.54) is 11.1 Å². The predicted octanol–water partition coefficient (Wildman–Crippen LogP) is 7.25. The van der Waals surface area contributed by atoms with Gasteiger partial charge in [-0.05, 0) is 62.2 Å². The van der Waals surface area contributed by atoms with E-state index >= 15 is 0 Å². The van der Waals surface area contributed by atoms with E-state index in [9.17, 15) is 0 Å². The fourth-order valence-electron chi connectivity index (χ4n) is 1.32. The van der Waals surface area contributed by atoms with Gasteiger partial charge >= 0.3 is 0 Å². The van der Waals surface area contributed by atoms with Crippen molar-refractivity contribution in [1.29, 1.82) is 0 Å². The molecule has 3 heterocycles. The van der Waals surface area contributed by atoms with Gasteiger partial charge in [-0.25, -0.2) is 0 Å². The molecule has 0 spiro atoms. The quantitative estimate of drug-likeness (QED) is 0.419. The number of aryl methyl sites for hydroxylation is 3. The van der Waals surface area contributed by atoms with Crippen molar-refractivity contribution in [2.45, 2.75) is 62.3 Å². The van der Waals surface area contributed by atoms with Crippen molar-refractivity contribution < 1.29 is 0 Å². The Morgan fingerprint density at radius 1 is 0.519 bits per heavy atom. The lowest BCUT2D eigenvalue weighted by atomic mass is 10.3. The van der Waals surface area contributed by atoms with Crippen molar-refractivity contribution in [3.63, 3.8) is 0 Å². The summed E-state index contributed by atoms with van der Waals surface area (Å²) in [4.78, 5) is 11.7. The molecule has 0 aliphatic heterocycles. The molecule has 0 unspecified atom stereocenters. The van der Waals surface area contributed by atoms with Crippen LogP contribution in [0.5, 0.6) is 0 Å². The molecule has 3 heteroatoms. The van der Waals surface area contributed by atoms with Gasteiger partial charge in [-0.2, -0.15) is 0 Å². The summed E-state index contributed by atoms with van der Waals surface area (Å²) in [7, 11) is 0. The lowest BCUT2D eigenvalue weighted by molar-refractivity contribution is 1.20. The molecular weight excluding hydrogens is 330 g/mol. The van der Waals surface area contributed by atoms with E-state index in [1.54, 1.807) is 24.8 Å². The van der Waals surface area contributed by atoms with Crippen LogP contribution in [0.1, 0.15) is 58.4 Å². The Morgan fingerprint density at radius 2 is 1.11 bits per heavy atom. The van der Waals surface area contributed by atoms with E-state index in [2.05, 4.69) is 15.0 Å². The van der Waals surface area contributed by atoms with E-state index in [0.29, 0.717) is 0 Å². The molecular formula is C24H39N3. The summed E-state index contributed by atoms with van der Waals surface area (Å²) in [5.74, 6) is 0. The fourth-order valence-corrected chi connectivity index (χ4v) is 1.32. The Bertz CT molecular complexity index is 493. The lowest BCUT2D eigenvalue weighted by Crippen LogP contribution is -1.72. The fraction of sp³-hybridized carbons (Fsp3) is 0.375. The normalized spacial score (nSPS) is 7.44. The minimum atomic E-state index is 1.07. The van der Waals surface area contributed by atoms with Gasteiger partial charge in [0.15, 0.2) is 0 Å². The van der Waals surface area contributed by atoms with Gasteiger partial charge in [-0.3, -0.25) is 15.0 Å². The molecule has 3 aromatic heterocycles. The van der Waals surface area contributed by atoms with Gasteiger partial charge in [0.25, 0.3) is 0 Å². The van der Waals surface area contributed by atoms with Gasteiger partial charge in [-0.1, -0.05) is 53.7 Å². The summed E-state index contributed by atoms with van der Waals surface area (Å²) in [6.45, 7) is 18.0. The number of rotatable bonds is 0. The second-order valence-corrected chi connectivity index (χ2v) is 4.53. The van der Waals surface area contributed by atoms with Crippen LogP contribution in [0.2, 0.25) is 0 Å². The van der Waals surface area contributed by atoms with Crippen molar-refractivity contribution in [2.24, 2.45) is 0 Å². The largest absolute Gasteiger partial charge is 0.265 e. The van der Waals surface area contributed by atoms with E-state index < -0.39 is 0 Å². The molecule has 0 atom stereocenters. The first-order valence-electron chi connectivity index (χ1n) is 9.79. The molecule has 0 aliphatic rings. The molecule has 0 amide bonds. The van der Waals surface area contributed by atoms with E-state index in [0.717, 1.165) is 5.69 Å². The van der Waals surface area contributed by atoms with Crippen LogP contribution in [0.4, 0.5) is 0 Å². The number of hydrogen-bond donors (Lipinski definition) is 0. The van der Waals surface area contributed by atoms with Gasteiger partial charge in [0, 0.05) is 36.7 Å². The summed E-state index contributed by atoms with van der Waals surface area (Å²) in [5, 5.41) is 0. The average Bonchev–Trinajstić information content (AvgIpc) is 2.75. The zero-order valence-corrected chi connectivity index (χ0v) is 18.8. The van der Waals surface area contributed by atoms with Gasteiger partial charge in [-0.15, -0.1) is 0 Å². The number of nitrogens with zero attached hydrogens (tertiary/aromatic N) is 3. The van der Waals surface area contributed by atoms with Crippen LogP contribution in [-0.2, 0) is 0 Å². The molecule has 0 bridgehead atoms. The predicted molar refractivity (Wildman–Crippen MR) is 121 cm³/mol. The first kappa shape index (κ1) is 29.2. The van der Waals surface area contributed by atoms with Crippen LogP contribution in [0.25, 0.3) is 0 Å². The lowest BCUT2D eigenvalue weighted by Gasteiger charge is -1.82. The van der Waals surface area contributed by atoms with Crippen LogP contribution in [-0.4, -0.2) is 15.0 Å². The molecule has 0 N–H and O–H groups in total. The first-order valence-corrected chi connectivity index (χ1v) is 9.79. The molecule has 27 heavy (non-hydrogen) atoms. The van der Waals surface area contributed by atoms with Crippen molar-refractivity contribution in [3.05, 3.63) is 90.3 Å². The maximum absolute atomic E-state index is 3.98. The summed E-state index contributed by atoms with van der Waals surface area (Å²) < 4.78 is 0. The smallest absolute Gasteiger partial charge is 0.0372 e. The average molecular weight is 370 g/mol. The molecule has 3 nitrogen and oxygen atoms in total. The minimum absolute atomic E-state index is 1.07. The first-order chi connectivity index (χ1) is 13.2.